The fourth-order valence-electron chi connectivity index (χ4n) is 1.03. The van der Waals surface area contributed by atoms with E-state index in [2.05, 4.69) is 26.8 Å². The lowest BCUT2D eigenvalue weighted by atomic mass is 10.2. The molecule has 86 valence electrons. The van der Waals surface area contributed by atoms with Crippen LogP contribution in [0.4, 0.5) is 5.69 Å². The van der Waals surface area contributed by atoms with Crippen molar-refractivity contribution in [2.45, 2.75) is 6.92 Å². The molecule has 2 N–H and O–H groups in total. The van der Waals surface area contributed by atoms with Crippen LogP contribution >= 0.6 is 27.5 Å². The number of hydrogen-bond donors (Lipinski definition) is 2. The standard InChI is InChI=1S/C11H8BrClN4/c1-7-9(12)2-3-10(11(7)13)17-16-6-8(4-14)5-15/h2-3,6,16-17H,1H3. The van der Waals surface area contributed by atoms with E-state index in [1.165, 1.54) is 6.20 Å². The van der Waals surface area contributed by atoms with E-state index in [1.807, 2.05) is 13.0 Å². The number of hydrazine groups is 1. The molecule has 0 heterocycles. The highest BCUT2D eigenvalue weighted by Crippen LogP contribution is 2.30. The average molecular weight is 312 g/mol. The van der Waals surface area contributed by atoms with Gasteiger partial charge in [0.2, 0.25) is 0 Å². The Morgan fingerprint density at radius 3 is 2.65 bits per heavy atom. The number of rotatable bonds is 3. The molecule has 0 radical (unpaired) electrons. The molecule has 0 atom stereocenters. The van der Waals surface area contributed by atoms with Crippen LogP contribution in [0.5, 0.6) is 0 Å². The molecule has 0 aliphatic heterocycles. The normalized spacial score (nSPS) is 8.76. The van der Waals surface area contributed by atoms with Gasteiger partial charge in [0.15, 0.2) is 0 Å². The van der Waals surface area contributed by atoms with Crippen LogP contribution in [0.3, 0.4) is 0 Å². The molecule has 4 nitrogen and oxygen atoms in total. The second-order valence-corrected chi connectivity index (χ2v) is 4.32. The van der Waals surface area contributed by atoms with Crippen molar-refractivity contribution in [1.29, 1.82) is 10.5 Å². The molecule has 0 saturated heterocycles. The lowest BCUT2D eigenvalue weighted by Crippen LogP contribution is -2.15. The zero-order valence-electron chi connectivity index (χ0n) is 8.88. The van der Waals surface area contributed by atoms with Crippen molar-refractivity contribution in [3.8, 4) is 12.1 Å². The number of nitriles is 2. The van der Waals surface area contributed by atoms with Crippen LogP contribution in [-0.2, 0) is 0 Å². The first-order valence-corrected chi connectivity index (χ1v) is 5.73. The molecule has 0 spiro atoms. The molecule has 1 rings (SSSR count). The molecule has 0 fully saturated rings. The van der Waals surface area contributed by atoms with E-state index >= 15 is 0 Å². The maximum Gasteiger partial charge on any atom is 0.147 e. The van der Waals surface area contributed by atoms with E-state index in [0.717, 1.165) is 10.0 Å². The van der Waals surface area contributed by atoms with Gasteiger partial charge in [-0.1, -0.05) is 27.5 Å². The smallest absolute Gasteiger partial charge is 0.147 e. The number of nitrogens with one attached hydrogen (secondary N) is 2. The van der Waals surface area contributed by atoms with Crippen molar-refractivity contribution in [3.05, 3.63) is 39.0 Å². The van der Waals surface area contributed by atoms with E-state index in [4.69, 9.17) is 22.1 Å². The van der Waals surface area contributed by atoms with Gasteiger partial charge in [0, 0.05) is 10.7 Å². The molecule has 0 aliphatic carbocycles. The first kappa shape index (κ1) is 13.4. The lowest BCUT2D eigenvalue weighted by Gasteiger charge is -2.10. The van der Waals surface area contributed by atoms with Crippen molar-refractivity contribution in [3.63, 3.8) is 0 Å². The van der Waals surface area contributed by atoms with Gasteiger partial charge in [0.05, 0.1) is 10.7 Å². The fraction of sp³-hybridized carbons (Fsp3) is 0.0909. The number of nitrogens with zero attached hydrogens (tertiary/aromatic N) is 2. The minimum atomic E-state index is -0.0255. The van der Waals surface area contributed by atoms with E-state index in [0.29, 0.717) is 10.7 Å². The molecule has 0 unspecified atom stereocenters. The zero-order valence-corrected chi connectivity index (χ0v) is 11.2. The van der Waals surface area contributed by atoms with Gasteiger partial charge < -0.3 is 5.43 Å². The molecule has 6 heteroatoms. The summed E-state index contributed by atoms with van der Waals surface area (Å²) < 4.78 is 0.915. The molecule has 1 aromatic carbocycles. The second kappa shape index (κ2) is 6.15. The average Bonchev–Trinajstić information content (AvgIpc) is 2.34. The van der Waals surface area contributed by atoms with Crippen LogP contribution in [0.1, 0.15) is 5.56 Å². The number of allylic oxidation sites excluding steroid dienone is 1. The van der Waals surface area contributed by atoms with Gasteiger partial charge in [0.1, 0.15) is 17.7 Å². The van der Waals surface area contributed by atoms with Crippen molar-refractivity contribution in [1.82, 2.24) is 5.43 Å². The molecule has 0 bridgehead atoms. The largest absolute Gasteiger partial charge is 0.306 e. The van der Waals surface area contributed by atoms with E-state index < -0.39 is 0 Å². The summed E-state index contributed by atoms with van der Waals surface area (Å²) in [5.74, 6) is 0. The van der Waals surface area contributed by atoms with E-state index in [9.17, 15) is 0 Å². The lowest BCUT2D eigenvalue weighted by molar-refractivity contribution is 1.05. The summed E-state index contributed by atoms with van der Waals surface area (Å²) in [7, 11) is 0. The summed E-state index contributed by atoms with van der Waals surface area (Å²) in [6.45, 7) is 1.88. The van der Waals surface area contributed by atoms with E-state index in [-0.39, 0.29) is 5.57 Å². The van der Waals surface area contributed by atoms with Gasteiger partial charge in [-0.25, -0.2) is 0 Å². The summed E-state index contributed by atoms with van der Waals surface area (Å²) in [6, 6.07) is 7.09. The third kappa shape index (κ3) is 3.39. The molecule has 17 heavy (non-hydrogen) atoms. The predicted octanol–water partition coefficient (Wildman–Crippen LogP) is 3.26. The molecule has 1 aromatic rings. The van der Waals surface area contributed by atoms with Crippen molar-refractivity contribution in [2.24, 2.45) is 0 Å². The van der Waals surface area contributed by atoms with Crippen molar-refractivity contribution in [2.75, 3.05) is 5.43 Å². The number of hydrogen-bond acceptors (Lipinski definition) is 4. The van der Waals surface area contributed by atoms with Crippen molar-refractivity contribution >= 4 is 33.2 Å². The Kier molecular flexibility index (Phi) is 4.84. The van der Waals surface area contributed by atoms with Gasteiger partial charge in [-0.2, -0.15) is 10.5 Å². The van der Waals surface area contributed by atoms with Crippen LogP contribution in [0.2, 0.25) is 5.02 Å². The minimum absolute atomic E-state index is 0.0255. The highest BCUT2D eigenvalue weighted by Gasteiger charge is 2.05. The summed E-state index contributed by atoms with van der Waals surface area (Å²) in [6.07, 6.45) is 1.27. The van der Waals surface area contributed by atoms with Crippen LogP contribution in [0.15, 0.2) is 28.4 Å². The summed E-state index contributed by atoms with van der Waals surface area (Å²) in [4.78, 5) is 0. The molecule has 0 aromatic heterocycles. The molecule has 0 amide bonds. The van der Waals surface area contributed by atoms with E-state index in [1.54, 1.807) is 18.2 Å². The number of anilines is 1. The fourth-order valence-corrected chi connectivity index (χ4v) is 1.69. The maximum atomic E-state index is 8.52. The zero-order chi connectivity index (χ0) is 12.8. The van der Waals surface area contributed by atoms with Gasteiger partial charge in [0.25, 0.3) is 0 Å². The van der Waals surface area contributed by atoms with Crippen LogP contribution in [-0.4, -0.2) is 0 Å². The second-order valence-electron chi connectivity index (χ2n) is 3.08. The monoisotopic (exact) mass is 310 g/mol. The Labute approximate surface area is 113 Å². The molecule has 0 aliphatic rings. The maximum absolute atomic E-state index is 8.52. The summed E-state index contributed by atoms with van der Waals surface area (Å²) in [5, 5.41) is 17.6. The minimum Gasteiger partial charge on any atom is -0.306 e. The van der Waals surface area contributed by atoms with Gasteiger partial charge >= 0.3 is 0 Å². The van der Waals surface area contributed by atoms with Crippen LogP contribution in [0, 0.1) is 29.6 Å². The highest BCUT2D eigenvalue weighted by molar-refractivity contribution is 9.10. The predicted molar refractivity (Wildman–Crippen MR) is 70.0 cm³/mol. The van der Waals surface area contributed by atoms with Gasteiger partial charge in [-0.3, -0.25) is 5.43 Å². The topological polar surface area (TPSA) is 71.6 Å². The molecular formula is C11H8BrClN4. The first-order chi connectivity index (χ1) is 8.10. The third-order valence-corrected chi connectivity index (χ3v) is 3.33. The summed E-state index contributed by atoms with van der Waals surface area (Å²) in [5.41, 5.74) is 6.98. The summed E-state index contributed by atoms with van der Waals surface area (Å²) >= 11 is 9.46. The number of halogens is 2. The van der Waals surface area contributed by atoms with Crippen LogP contribution in [0.25, 0.3) is 0 Å². The molecular weight excluding hydrogens is 304 g/mol. The Bertz CT molecular complexity index is 524. The Morgan fingerprint density at radius 1 is 1.41 bits per heavy atom. The van der Waals surface area contributed by atoms with Gasteiger partial charge in [-0.15, -0.1) is 0 Å². The third-order valence-electron chi connectivity index (χ3n) is 1.98. The Morgan fingerprint density at radius 2 is 2.06 bits per heavy atom. The highest BCUT2D eigenvalue weighted by atomic mass is 79.9. The Hall–Kier alpha value is -1.69. The van der Waals surface area contributed by atoms with Gasteiger partial charge in [-0.05, 0) is 24.6 Å². The quantitative estimate of drug-likeness (QED) is 0.664. The number of benzene rings is 1. The van der Waals surface area contributed by atoms with Crippen molar-refractivity contribution < 1.29 is 0 Å². The van der Waals surface area contributed by atoms with Crippen LogP contribution < -0.4 is 10.9 Å². The first-order valence-electron chi connectivity index (χ1n) is 4.56. The SMILES string of the molecule is Cc1c(Br)ccc(NNC=C(C#N)C#N)c1Cl. The Balaban J connectivity index is 2.79. The molecule has 0 saturated carbocycles.